The standard InChI is InChI=1S/C18H21ClN2O/c1-21-15-10-12(19)8-7-11(15)9-16(21)18(22)20-17-13-5-3-2-4-6-14(13)17/h7-10,13-14,17H,2-6H2,1H3,(H,20,22). The van der Waals surface area contributed by atoms with Crippen LogP contribution in [0.2, 0.25) is 5.02 Å². The predicted octanol–water partition coefficient (Wildman–Crippen LogP) is 4.14. The van der Waals surface area contributed by atoms with E-state index in [0.717, 1.165) is 28.4 Å². The van der Waals surface area contributed by atoms with E-state index in [0.29, 0.717) is 11.1 Å². The fourth-order valence-corrected chi connectivity index (χ4v) is 4.30. The first kappa shape index (κ1) is 14.1. The molecule has 2 aromatic rings. The summed E-state index contributed by atoms with van der Waals surface area (Å²) in [7, 11) is 1.93. The highest BCUT2D eigenvalue weighted by Gasteiger charge is 2.50. The number of hydrogen-bond donors (Lipinski definition) is 1. The maximum absolute atomic E-state index is 12.6. The van der Waals surface area contributed by atoms with Crippen LogP contribution in [0.25, 0.3) is 10.9 Å². The molecule has 1 aromatic carbocycles. The molecule has 2 saturated carbocycles. The molecule has 0 spiro atoms. The summed E-state index contributed by atoms with van der Waals surface area (Å²) in [5, 5.41) is 5.02. The third-order valence-corrected chi connectivity index (χ3v) is 5.68. The average Bonchev–Trinajstić information content (AvgIpc) is 3.12. The van der Waals surface area contributed by atoms with Crippen LogP contribution in [0, 0.1) is 11.8 Å². The van der Waals surface area contributed by atoms with Crippen molar-refractivity contribution < 1.29 is 4.79 Å². The second-order valence-electron chi connectivity index (χ2n) is 6.76. The minimum absolute atomic E-state index is 0.0490. The van der Waals surface area contributed by atoms with E-state index in [1.54, 1.807) is 0 Å². The zero-order valence-corrected chi connectivity index (χ0v) is 13.6. The Balaban J connectivity index is 1.55. The third kappa shape index (κ3) is 2.32. The molecule has 2 unspecified atom stereocenters. The molecule has 0 radical (unpaired) electrons. The Labute approximate surface area is 135 Å². The van der Waals surface area contributed by atoms with Crippen LogP contribution >= 0.6 is 11.6 Å². The van der Waals surface area contributed by atoms with Crippen LogP contribution in [0.5, 0.6) is 0 Å². The lowest BCUT2D eigenvalue weighted by Crippen LogP contribution is -2.29. The van der Waals surface area contributed by atoms with Crippen molar-refractivity contribution in [3.63, 3.8) is 0 Å². The lowest BCUT2D eigenvalue weighted by molar-refractivity contribution is 0.0939. The van der Waals surface area contributed by atoms with Crippen molar-refractivity contribution in [2.24, 2.45) is 18.9 Å². The van der Waals surface area contributed by atoms with Gasteiger partial charge in [0.05, 0.1) is 0 Å². The molecule has 2 aliphatic rings. The number of aromatic nitrogens is 1. The molecule has 3 nitrogen and oxygen atoms in total. The van der Waals surface area contributed by atoms with Crippen LogP contribution in [0.15, 0.2) is 24.3 Å². The number of amides is 1. The van der Waals surface area contributed by atoms with E-state index < -0.39 is 0 Å². The number of halogens is 1. The van der Waals surface area contributed by atoms with E-state index in [2.05, 4.69) is 5.32 Å². The first-order chi connectivity index (χ1) is 10.6. The molecule has 0 bridgehead atoms. The molecular weight excluding hydrogens is 296 g/mol. The Hall–Kier alpha value is -1.48. The van der Waals surface area contributed by atoms with Crippen molar-refractivity contribution >= 4 is 28.4 Å². The normalized spacial score (nSPS) is 27.3. The molecule has 1 aromatic heterocycles. The molecule has 2 fully saturated rings. The summed E-state index contributed by atoms with van der Waals surface area (Å²) in [6, 6.07) is 8.10. The second kappa shape index (κ2) is 5.31. The minimum atomic E-state index is 0.0490. The monoisotopic (exact) mass is 316 g/mol. The molecular formula is C18H21ClN2O. The number of hydrogen-bond acceptors (Lipinski definition) is 1. The van der Waals surface area contributed by atoms with E-state index in [1.165, 1.54) is 32.1 Å². The summed E-state index contributed by atoms with van der Waals surface area (Å²) < 4.78 is 1.94. The van der Waals surface area contributed by atoms with E-state index in [-0.39, 0.29) is 5.91 Å². The maximum atomic E-state index is 12.6. The highest BCUT2D eigenvalue weighted by atomic mass is 35.5. The fraction of sp³-hybridized carbons (Fsp3) is 0.500. The molecule has 4 rings (SSSR count). The van der Waals surface area contributed by atoms with Crippen molar-refractivity contribution in [1.82, 2.24) is 9.88 Å². The van der Waals surface area contributed by atoms with E-state index in [1.807, 2.05) is 35.9 Å². The topological polar surface area (TPSA) is 34.0 Å². The van der Waals surface area contributed by atoms with Gasteiger partial charge < -0.3 is 9.88 Å². The fourth-order valence-electron chi connectivity index (χ4n) is 4.13. The number of rotatable bonds is 2. The number of carbonyl (C=O) groups is 1. The summed E-state index contributed by atoms with van der Waals surface area (Å²) in [5.41, 5.74) is 1.72. The summed E-state index contributed by atoms with van der Waals surface area (Å²) in [6.45, 7) is 0. The molecule has 2 atom stereocenters. The zero-order valence-electron chi connectivity index (χ0n) is 12.8. The lowest BCUT2D eigenvalue weighted by Gasteiger charge is -2.08. The molecule has 1 N–H and O–H groups in total. The first-order valence-corrected chi connectivity index (χ1v) is 8.59. The van der Waals surface area contributed by atoms with Gasteiger partial charge in [-0.3, -0.25) is 4.79 Å². The van der Waals surface area contributed by atoms with Crippen molar-refractivity contribution in [3.8, 4) is 0 Å². The third-order valence-electron chi connectivity index (χ3n) is 5.44. The highest BCUT2D eigenvalue weighted by molar-refractivity contribution is 6.31. The van der Waals surface area contributed by atoms with Gasteiger partial charge in [0.2, 0.25) is 0 Å². The van der Waals surface area contributed by atoms with Crippen LogP contribution in [-0.2, 0) is 7.05 Å². The number of carbonyl (C=O) groups excluding carboxylic acids is 1. The zero-order chi connectivity index (χ0) is 15.3. The number of aryl methyl sites for hydroxylation is 1. The Morgan fingerprint density at radius 3 is 2.64 bits per heavy atom. The Morgan fingerprint density at radius 2 is 1.91 bits per heavy atom. The number of fused-ring (bicyclic) bond motifs is 2. The SMILES string of the molecule is Cn1c(C(=O)NC2C3CCCCCC32)cc2ccc(Cl)cc21. The smallest absolute Gasteiger partial charge is 0.268 e. The second-order valence-corrected chi connectivity index (χ2v) is 7.19. The number of nitrogens with one attached hydrogen (secondary N) is 1. The quantitative estimate of drug-likeness (QED) is 0.887. The van der Waals surface area contributed by atoms with Gasteiger partial charge in [-0.15, -0.1) is 0 Å². The van der Waals surface area contributed by atoms with Gasteiger partial charge in [0, 0.05) is 29.0 Å². The molecule has 116 valence electrons. The van der Waals surface area contributed by atoms with Crippen molar-refractivity contribution in [1.29, 1.82) is 0 Å². The molecule has 22 heavy (non-hydrogen) atoms. The van der Waals surface area contributed by atoms with Crippen LogP contribution in [-0.4, -0.2) is 16.5 Å². The molecule has 0 saturated heterocycles. The van der Waals surface area contributed by atoms with E-state index in [9.17, 15) is 4.79 Å². The Bertz CT molecular complexity index is 724. The van der Waals surface area contributed by atoms with Crippen molar-refractivity contribution in [3.05, 3.63) is 35.0 Å². The summed E-state index contributed by atoms with van der Waals surface area (Å²) >= 11 is 6.06. The van der Waals surface area contributed by atoms with Gasteiger partial charge in [0.25, 0.3) is 5.91 Å². The van der Waals surface area contributed by atoms with Gasteiger partial charge in [0.1, 0.15) is 5.69 Å². The van der Waals surface area contributed by atoms with E-state index in [4.69, 9.17) is 11.6 Å². The summed E-state index contributed by atoms with van der Waals surface area (Å²) in [4.78, 5) is 12.6. The van der Waals surface area contributed by atoms with Crippen LogP contribution in [0.3, 0.4) is 0 Å². The molecule has 1 amide bonds. The Morgan fingerprint density at radius 1 is 1.18 bits per heavy atom. The molecule has 0 aliphatic heterocycles. The van der Waals surface area contributed by atoms with Crippen LogP contribution in [0.1, 0.15) is 42.6 Å². The molecule has 4 heteroatoms. The van der Waals surface area contributed by atoms with Crippen LogP contribution < -0.4 is 5.32 Å². The Kier molecular flexibility index (Phi) is 3.41. The van der Waals surface area contributed by atoms with Gasteiger partial charge >= 0.3 is 0 Å². The minimum Gasteiger partial charge on any atom is -0.347 e. The first-order valence-electron chi connectivity index (χ1n) is 8.21. The summed E-state index contributed by atoms with van der Waals surface area (Å²) in [6.07, 6.45) is 6.55. The van der Waals surface area contributed by atoms with Gasteiger partial charge in [-0.2, -0.15) is 0 Å². The van der Waals surface area contributed by atoms with E-state index >= 15 is 0 Å². The summed E-state index contributed by atoms with van der Waals surface area (Å²) in [5.74, 6) is 1.49. The molecule has 1 heterocycles. The van der Waals surface area contributed by atoms with Gasteiger partial charge in [-0.05, 0) is 42.9 Å². The highest BCUT2D eigenvalue weighted by Crippen LogP contribution is 2.48. The molecule has 2 aliphatic carbocycles. The van der Waals surface area contributed by atoms with Crippen LogP contribution in [0.4, 0.5) is 0 Å². The van der Waals surface area contributed by atoms with Gasteiger partial charge in [0.15, 0.2) is 0 Å². The van der Waals surface area contributed by atoms with Crippen molar-refractivity contribution in [2.45, 2.75) is 38.1 Å². The number of nitrogens with zero attached hydrogens (tertiary/aromatic N) is 1. The average molecular weight is 317 g/mol. The number of benzene rings is 1. The largest absolute Gasteiger partial charge is 0.347 e. The predicted molar refractivity (Wildman–Crippen MR) is 89.2 cm³/mol. The maximum Gasteiger partial charge on any atom is 0.268 e. The van der Waals surface area contributed by atoms with Gasteiger partial charge in [-0.1, -0.05) is 36.9 Å². The van der Waals surface area contributed by atoms with Gasteiger partial charge in [-0.25, -0.2) is 0 Å². The lowest BCUT2D eigenvalue weighted by atomic mass is 10.1. The van der Waals surface area contributed by atoms with Crippen molar-refractivity contribution in [2.75, 3.05) is 0 Å².